The molecule has 0 bridgehead atoms. The lowest BCUT2D eigenvalue weighted by atomic mass is 9.81. The van der Waals surface area contributed by atoms with Crippen LogP contribution in [0.1, 0.15) is 68.4 Å². The van der Waals surface area contributed by atoms with E-state index in [4.69, 9.17) is 29.8 Å². The standard InChI is InChI=1S/C35H40BrN5O6/c1-34(2,3)47-30(43)17-19-35(33(44)38-20-18-24-9-13-27(36)14-10-24)31(29-8-5-4-7-26(29)23-39-41-37)46-32(40-35)25-11-15-28(16-12-25)45-22-6-21-42/h4-5,7-16,31,42H,6,17-23H2,1-3H3,(H,38,44)/t31-,35-/m1/s1. The Bertz CT molecular complexity index is 1600. The van der Waals surface area contributed by atoms with Crippen molar-refractivity contribution >= 4 is 33.7 Å². The van der Waals surface area contributed by atoms with Crippen molar-refractivity contribution in [3.63, 3.8) is 0 Å². The average molecular weight is 707 g/mol. The van der Waals surface area contributed by atoms with E-state index in [1.165, 1.54) is 0 Å². The first-order valence-electron chi connectivity index (χ1n) is 15.5. The molecule has 1 amide bonds. The van der Waals surface area contributed by atoms with Crippen LogP contribution in [0.3, 0.4) is 0 Å². The topological polar surface area (TPSA) is 155 Å². The predicted molar refractivity (Wildman–Crippen MR) is 182 cm³/mol. The number of carbonyl (C=O) groups excluding carboxylic acids is 2. The molecule has 3 aromatic rings. The Balaban J connectivity index is 1.74. The minimum Gasteiger partial charge on any atom is -0.494 e. The van der Waals surface area contributed by atoms with Gasteiger partial charge >= 0.3 is 5.97 Å². The van der Waals surface area contributed by atoms with E-state index in [2.05, 4.69) is 31.3 Å². The maximum atomic E-state index is 14.4. The number of aliphatic imine (C=N–C) groups is 1. The molecular formula is C35H40BrN5O6. The number of carbonyl (C=O) groups is 2. The zero-order chi connectivity index (χ0) is 33.9. The lowest BCUT2D eigenvalue weighted by Gasteiger charge is -2.32. The molecule has 0 unspecified atom stereocenters. The summed E-state index contributed by atoms with van der Waals surface area (Å²) in [5.41, 5.74) is 9.74. The molecule has 248 valence electrons. The number of ether oxygens (including phenoxy) is 3. The van der Waals surface area contributed by atoms with E-state index in [-0.39, 0.29) is 31.9 Å². The van der Waals surface area contributed by atoms with Crippen molar-refractivity contribution in [3.05, 3.63) is 110 Å². The van der Waals surface area contributed by atoms with Crippen molar-refractivity contribution in [1.82, 2.24) is 5.32 Å². The first-order valence-corrected chi connectivity index (χ1v) is 16.3. The van der Waals surface area contributed by atoms with Crippen LogP contribution in [0.15, 0.2) is 87.4 Å². The Morgan fingerprint density at radius 1 is 1.11 bits per heavy atom. The lowest BCUT2D eigenvalue weighted by Crippen LogP contribution is -2.49. The number of azide groups is 1. The second-order valence-electron chi connectivity index (χ2n) is 12.1. The first-order chi connectivity index (χ1) is 22.5. The quantitative estimate of drug-likeness (QED) is 0.0585. The summed E-state index contributed by atoms with van der Waals surface area (Å²) in [5, 5.41) is 15.9. The van der Waals surface area contributed by atoms with Crippen LogP contribution in [-0.4, -0.2) is 53.8 Å². The summed E-state index contributed by atoms with van der Waals surface area (Å²) >= 11 is 3.45. The summed E-state index contributed by atoms with van der Waals surface area (Å²) in [4.78, 5) is 35.3. The van der Waals surface area contributed by atoms with Gasteiger partial charge in [0.2, 0.25) is 5.90 Å². The van der Waals surface area contributed by atoms with Crippen LogP contribution in [0.4, 0.5) is 0 Å². The van der Waals surface area contributed by atoms with Gasteiger partial charge in [-0.25, -0.2) is 4.99 Å². The third-order valence-electron chi connectivity index (χ3n) is 7.41. The highest BCUT2D eigenvalue weighted by Crippen LogP contribution is 2.44. The summed E-state index contributed by atoms with van der Waals surface area (Å²) in [5.74, 6) is -0.0314. The Kier molecular flexibility index (Phi) is 12.4. The zero-order valence-electron chi connectivity index (χ0n) is 26.8. The Hall–Kier alpha value is -4.38. The fourth-order valence-electron chi connectivity index (χ4n) is 5.20. The largest absolute Gasteiger partial charge is 0.494 e. The van der Waals surface area contributed by atoms with E-state index in [9.17, 15) is 9.59 Å². The van der Waals surface area contributed by atoms with Crippen LogP contribution in [0.2, 0.25) is 0 Å². The maximum absolute atomic E-state index is 14.4. The van der Waals surface area contributed by atoms with Crippen molar-refractivity contribution < 1.29 is 28.9 Å². The fourth-order valence-corrected chi connectivity index (χ4v) is 5.46. The summed E-state index contributed by atoms with van der Waals surface area (Å²) in [6.45, 7) is 6.12. The van der Waals surface area contributed by atoms with Crippen LogP contribution in [0.5, 0.6) is 5.75 Å². The monoisotopic (exact) mass is 705 g/mol. The van der Waals surface area contributed by atoms with E-state index in [1.807, 2.05) is 48.5 Å². The summed E-state index contributed by atoms with van der Waals surface area (Å²) in [6.07, 6.45) is 0.0426. The van der Waals surface area contributed by atoms with Crippen LogP contribution < -0.4 is 10.1 Å². The predicted octanol–water partition coefficient (Wildman–Crippen LogP) is 6.76. The number of benzene rings is 3. The zero-order valence-corrected chi connectivity index (χ0v) is 28.4. The van der Waals surface area contributed by atoms with Crippen molar-refractivity contribution in [2.24, 2.45) is 10.1 Å². The number of amides is 1. The molecule has 0 spiro atoms. The van der Waals surface area contributed by atoms with Gasteiger partial charge in [0.15, 0.2) is 11.6 Å². The van der Waals surface area contributed by atoms with Crippen LogP contribution >= 0.6 is 15.9 Å². The average Bonchev–Trinajstić information content (AvgIpc) is 3.44. The van der Waals surface area contributed by atoms with E-state index in [0.29, 0.717) is 48.4 Å². The Labute approximate surface area is 283 Å². The molecule has 2 atom stereocenters. The maximum Gasteiger partial charge on any atom is 0.306 e. The minimum atomic E-state index is -1.56. The first kappa shape index (κ1) is 35.5. The highest BCUT2D eigenvalue weighted by Gasteiger charge is 2.53. The van der Waals surface area contributed by atoms with Crippen LogP contribution in [0, 0.1) is 0 Å². The molecule has 12 heteroatoms. The van der Waals surface area contributed by atoms with Crippen LogP contribution in [0.25, 0.3) is 10.4 Å². The third kappa shape index (κ3) is 9.81. The second kappa shape index (κ2) is 16.4. The Morgan fingerprint density at radius 3 is 2.51 bits per heavy atom. The molecule has 2 N–H and O–H groups in total. The highest BCUT2D eigenvalue weighted by atomic mass is 79.9. The molecule has 0 saturated carbocycles. The van der Waals surface area contributed by atoms with E-state index in [1.54, 1.807) is 45.0 Å². The molecule has 1 aliphatic rings. The van der Waals surface area contributed by atoms with Gasteiger partial charge in [0.1, 0.15) is 11.4 Å². The van der Waals surface area contributed by atoms with Gasteiger partial charge in [-0.2, -0.15) is 0 Å². The molecule has 0 aliphatic carbocycles. The smallest absolute Gasteiger partial charge is 0.306 e. The van der Waals surface area contributed by atoms with Crippen LogP contribution in [-0.2, 0) is 32.0 Å². The van der Waals surface area contributed by atoms with Gasteiger partial charge in [0, 0.05) is 40.9 Å². The SMILES string of the molecule is CC(C)(C)OC(=O)CC[C@@]1(C(=O)NCCc2ccc(Br)cc2)N=C(c2ccc(OCCCO)cc2)O[C@@H]1c1ccccc1CN=[N+]=[N-]. The molecule has 1 aliphatic heterocycles. The number of aliphatic hydroxyl groups is 1. The van der Waals surface area contributed by atoms with Crippen molar-refractivity contribution in [3.8, 4) is 5.75 Å². The van der Waals surface area contributed by atoms with E-state index in [0.717, 1.165) is 10.0 Å². The third-order valence-corrected chi connectivity index (χ3v) is 7.94. The van der Waals surface area contributed by atoms with Crippen molar-refractivity contribution in [2.75, 3.05) is 19.8 Å². The van der Waals surface area contributed by atoms with Gasteiger partial charge in [0.05, 0.1) is 13.2 Å². The summed E-state index contributed by atoms with van der Waals surface area (Å²) in [7, 11) is 0. The molecule has 1 heterocycles. The van der Waals surface area contributed by atoms with Crippen molar-refractivity contribution in [2.45, 2.75) is 70.2 Å². The Morgan fingerprint density at radius 2 is 1.83 bits per heavy atom. The van der Waals surface area contributed by atoms with Gasteiger partial charge < -0.3 is 24.6 Å². The normalized spacial score (nSPS) is 17.2. The number of halogens is 1. The van der Waals surface area contributed by atoms with E-state index >= 15 is 0 Å². The number of nitrogens with one attached hydrogen (secondary N) is 1. The highest BCUT2D eigenvalue weighted by molar-refractivity contribution is 9.10. The van der Waals surface area contributed by atoms with Gasteiger partial charge in [0.25, 0.3) is 5.91 Å². The number of esters is 1. The molecule has 0 radical (unpaired) electrons. The van der Waals surface area contributed by atoms with E-state index < -0.39 is 29.1 Å². The minimum absolute atomic E-state index is 0.00158. The number of hydrogen-bond acceptors (Lipinski definition) is 8. The van der Waals surface area contributed by atoms with Gasteiger partial charge in [-0.15, -0.1) is 0 Å². The lowest BCUT2D eigenvalue weighted by molar-refractivity contribution is -0.155. The number of rotatable bonds is 15. The second-order valence-corrected chi connectivity index (χ2v) is 13.0. The van der Waals surface area contributed by atoms with Gasteiger partial charge in [-0.1, -0.05) is 57.4 Å². The van der Waals surface area contributed by atoms with Gasteiger partial charge in [-0.3, -0.25) is 9.59 Å². The molecule has 11 nitrogen and oxygen atoms in total. The van der Waals surface area contributed by atoms with Crippen molar-refractivity contribution in [1.29, 1.82) is 0 Å². The summed E-state index contributed by atoms with van der Waals surface area (Å²) < 4.78 is 18.8. The fraction of sp³-hybridized carbons (Fsp3) is 0.400. The number of hydrogen-bond donors (Lipinski definition) is 2. The molecule has 4 rings (SSSR count). The molecule has 47 heavy (non-hydrogen) atoms. The number of aliphatic hydroxyl groups excluding tert-OH is 1. The van der Waals surface area contributed by atoms with Gasteiger partial charge in [-0.05, 0) is 92.2 Å². The molecule has 3 aromatic carbocycles. The molecular weight excluding hydrogens is 666 g/mol. The molecule has 0 aromatic heterocycles. The summed E-state index contributed by atoms with van der Waals surface area (Å²) in [6, 6.07) is 22.2. The number of nitrogens with zero attached hydrogens (tertiary/aromatic N) is 4. The molecule has 0 saturated heterocycles. The molecule has 0 fully saturated rings.